The molecule has 0 bridgehead atoms. The molecule has 1 atom stereocenters. The number of H-pyrrole nitrogens is 1. The second-order valence-electron chi connectivity index (χ2n) is 7.93. The Balaban J connectivity index is 1.49. The maximum Gasteiger partial charge on any atom is 0.274 e. The SMILES string of the molecule is CN(C(=O)c1n[nH]c2ccccc12)C(CCNC(=O)c1cccn1C)Cc1ccccc1. The number of hydrogen-bond acceptors (Lipinski definition) is 3. The molecule has 7 heteroatoms. The van der Waals surface area contributed by atoms with Crippen LogP contribution in [0.1, 0.15) is 33.0 Å². The number of aromatic amines is 1. The van der Waals surface area contributed by atoms with Crippen molar-refractivity contribution in [1.82, 2.24) is 25.0 Å². The van der Waals surface area contributed by atoms with E-state index in [2.05, 4.69) is 27.6 Å². The molecule has 164 valence electrons. The normalized spacial score (nSPS) is 11.9. The molecule has 0 aliphatic heterocycles. The highest BCUT2D eigenvalue weighted by Crippen LogP contribution is 2.19. The van der Waals surface area contributed by atoms with E-state index in [0.29, 0.717) is 30.8 Å². The number of rotatable bonds is 8. The van der Waals surface area contributed by atoms with Gasteiger partial charge in [-0.15, -0.1) is 0 Å². The van der Waals surface area contributed by atoms with E-state index < -0.39 is 0 Å². The van der Waals surface area contributed by atoms with E-state index in [4.69, 9.17) is 0 Å². The van der Waals surface area contributed by atoms with Gasteiger partial charge in [-0.25, -0.2) is 0 Å². The number of aryl methyl sites for hydroxylation is 1. The molecular weight excluding hydrogens is 402 g/mol. The Labute approximate surface area is 187 Å². The van der Waals surface area contributed by atoms with Gasteiger partial charge in [-0.05, 0) is 36.6 Å². The largest absolute Gasteiger partial charge is 0.351 e. The molecule has 1 unspecified atom stereocenters. The zero-order valence-electron chi connectivity index (χ0n) is 18.3. The lowest BCUT2D eigenvalue weighted by Gasteiger charge is -2.28. The molecule has 0 aliphatic carbocycles. The van der Waals surface area contributed by atoms with Crippen molar-refractivity contribution in [2.45, 2.75) is 18.9 Å². The third-order valence-corrected chi connectivity index (χ3v) is 5.79. The molecule has 0 aliphatic rings. The van der Waals surface area contributed by atoms with Crippen LogP contribution < -0.4 is 5.32 Å². The standard InChI is InChI=1S/C25H27N5O2/c1-29-16-8-13-22(29)24(31)26-15-14-19(17-18-9-4-3-5-10-18)30(2)25(32)23-20-11-6-7-12-21(20)27-28-23/h3-13,16,19H,14-15,17H2,1-2H3,(H,26,31)(H,27,28). The predicted molar refractivity (Wildman–Crippen MR) is 124 cm³/mol. The molecule has 2 aromatic carbocycles. The summed E-state index contributed by atoms with van der Waals surface area (Å²) in [5.41, 5.74) is 2.99. The molecule has 2 heterocycles. The Morgan fingerprint density at radius 3 is 2.56 bits per heavy atom. The van der Waals surface area contributed by atoms with Crippen molar-refractivity contribution in [1.29, 1.82) is 0 Å². The van der Waals surface area contributed by atoms with Crippen molar-refractivity contribution >= 4 is 22.7 Å². The zero-order chi connectivity index (χ0) is 22.5. The van der Waals surface area contributed by atoms with Gasteiger partial charge >= 0.3 is 0 Å². The maximum absolute atomic E-state index is 13.3. The van der Waals surface area contributed by atoms with Crippen molar-refractivity contribution < 1.29 is 9.59 Å². The second kappa shape index (κ2) is 9.51. The third-order valence-electron chi connectivity index (χ3n) is 5.79. The van der Waals surface area contributed by atoms with Gasteiger partial charge in [-0.3, -0.25) is 14.7 Å². The van der Waals surface area contributed by atoms with Gasteiger partial charge < -0.3 is 14.8 Å². The molecule has 7 nitrogen and oxygen atoms in total. The van der Waals surface area contributed by atoms with Crippen molar-refractivity contribution in [3.05, 3.63) is 89.9 Å². The first kappa shape index (κ1) is 21.4. The Morgan fingerprint density at radius 2 is 1.81 bits per heavy atom. The summed E-state index contributed by atoms with van der Waals surface area (Å²) in [6.07, 6.45) is 3.15. The highest BCUT2D eigenvalue weighted by atomic mass is 16.2. The van der Waals surface area contributed by atoms with Gasteiger partial charge in [-0.1, -0.05) is 48.5 Å². The maximum atomic E-state index is 13.3. The van der Waals surface area contributed by atoms with E-state index in [1.807, 2.05) is 61.8 Å². The van der Waals surface area contributed by atoms with Crippen LogP contribution in [0.25, 0.3) is 10.9 Å². The Bertz CT molecular complexity index is 1210. The number of carbonyl (C=O) groups is 2. The number of likely N-dealkylation sites (N-methyl/N-ethyl adjacent to an activating group) is 1. The Hall–Kier alpha value is -3.87. The summed E-state index contributed by atoms with van der Waals surface area (Å²) in [5.74, 6) is -0.264. The molecular formula is C25H27N5O2. The number of carbonyl (C=O) groups excluding carboxylic acids is 2. The number of fused-ring (bicyclic) bond motifs is 1. The van der Waals surface area contributed by atoms with Crippen molar-refractivity contribution in [2.24, 2.45) is 7.05 Å². The summed E-state index contributed by atoms with van der Waals surface area (Å²) in [4.78, 5) is 27.5. The van der Waals surface area contributed by atoms with Crippen LogP contribution in [-0.4, -0.2) is 51.1 Å². The van der Waals surface area contributed by atoms with E-state index in [1.165, 1.54) is 0 Å². The first-order valence-corrected chi connectivity index (χ1v) is 10.7. The fraction of sp³-hybridized carbons (Fsp3) is 0.240. The van der Waals surface area contributed by atoms with Gasteiger partial charge in [-0.2, -0.15) is 5.10 Å². The van der Waals surface area contributed by atoms with Crippen LogP contribution in [0.2, 0.25) is 0 Å². The van der Waals surface area contributed by atoms with E-state index in [0.717, 1.165) is 16.5 Å². The van der Waals surface area contributed by atoms with Gasteiger partial charge in [0.1, 0.15) is 5.69 Å². The highest BCUT2D eigenvalue weighted by molar-refractivity contribution is 6.04. The molecule has 2 amide bonds. The minimum atomic E-state index is -0.142. The van der Waals surface area contributed by atoms with Crippen LogP contribution in [0.15, 0.2) is 72.9 Å². The molecule has 0 saturated carbocycles. The van der Waals surface area contributed by atoms with E-state index in [9.17, 15) is 9.59 Å². The molecule has 32 heavy (non-hydrogen) atoms. The minimum absolute atomic E-state index is 0.103. The summed E-state index contributed by atoms with van der Waals surface area (Å²) in [6, 6.07) is 21.2. The zero-order valence-corrected chi connectivity index (χ0v) is 18.3. The smallest absolute Gasteiger partial charge is 0.274 e. The van der Waals surface area contributed by atoms with E-state index in [-0.39, 0.29) is 17.9 Å². The fourth-order valence-corrected chi connectivity index (χ4v) is 3.92. The number of nitrogens with one attached hydrogen (secondary N) is 2. The van der Waals surface area contributed by atoms with Crippen LogP contribution in [0.5, 0.6) is 0 Å². The minimum Gasteiger partial charge on any atom is -0.351 e. The first-order valence-electron chi connectivity index (χ1n) is 10.7. The molecule has 0 fully saturated rings. The molecule has 0 saturated heterocycles. The van der Waals surface area contributed by atoms with Crippen molar-refractivity contribution in [3.8, 4) is 0 Å². The van der Waals surface area contributed by atoms with Gasteiger partial charge in [0.05, 0.1) is 5.52 Å². The molecule has 2 N–H and O–H groups in total. The van der Waals surface area contributed by atoms with Crippen molar-refractivity contribution in [2.75, 3.05) is 13.6 Å². The van der Waals surface area contributed by atoms with E-state index in [1.54, 1.807) is 22.6 Å². The number of nitrogens with zero attached hydrogens (tertiary/aromatic N) is 3. The monoisotopic (exact) mass is 429 g/mol. The van der Waals surface area contributed by atoms with Gasteiger partial charge in [0, 0.05) is 38.3 Å². The predicted octanol–water partition coefficient (Wildman–Crippen LogP) is 3.40. The summed E-state index contributed by atoms with van der Waals surface area (Å²) in [7, 11) is 3.65. The lowest BCUT2D eigenvalue weighted by Crippen LogP contribution is -2.41. The highest BCUT2D eigenvalue weighted by Gasteiger charge is 2.25. The van der Waals surface area contributed by atoms with Crippen LogP contribution in [-0.2, 0) is 13.5 Å². The summed E-state index contributed by atoms with van der Waals surface area (Å²) < 4.78 is 1.79. The van der Waals surface area contributed by atoms with Crippen LogP contribution in [0, 0.1) is 0 Å². The molecule has 2 aromatic heterocycles. The van der Waals surface area contributed by atoms with Gasteiger partial charge in [0.15, 0.2) is 5.69 Å². The quantitative estimate of drug-likeness (QED) is 0.450. The van der Waals surface area contributed by atoms with Gasteiger partial charge in [0.25, 0.3) is 11.8 Å². The number of hydrogen-bond donors (Lipinski definition) is 2. The van der Waals surface area contributed by atoms with E-state index >= 15 is 0 Å². The summed E-state index contributed by atoms with van der Waals surface area (Å²) in [5, 5.41) is 11.0. The first-order chi connectivity index (χ1) is 15.5. The lowest BCUT2D eigenvalue weighted by atomic mass is 10.0. The second-order valence-corrected chi connectivity index (χ2v) is 7.93. The number of amides is 2. The number of benzene rings is 2. The lowest BCUT2D eigenvalue weighted by molar-refractivity contribution is 0.0718. The Kier molecular flexibility index (Phi) is 6.35. The average molecular weight is 430 g/mol. The van der Waals surface area contributed by atoms with Gasteiger partial charge in [0.2, 0.25) is 0 Å². The Morgan fingerprint density at radius 1 is 1.06 bits per heavy atom. The average Bonchev–Trinajstić information content (AvgIpc) is 3.44. The molecule has 0 spiro atoms. The molecule has 4 aromatic rings. The summed E-state index contributed by atoms with van der Waals surface area (Å²) >= 11 is 0. The van der Waals surface area contributed by atoms with Crippen molar-refractivity contribution in [3.63, 3.8) is 0 Å². The van der Waals surface area contributed by atoms with Crippen LogP contribution >= 0.6 is 0 Å². The third kappa shape index (κ3) is 4.56. The fourth-order valence-electron chi connectivity index (χ4n) is 3.92. The van der Waals surface area contributed by atoms with Crippen LogP contribution in [0.4, 0.5) is 0 Å². The number of aromatic nitrogens is 3. The summed E-state index contributed by atoms with van der Waals surface area (Å²) in [6.45, 7) is 0.459. The topological polar surface area (TPSA) is 83.0 Å². The molecule has 0 radical (unpaired) electrons. The van der Waals surface area contributed by atoms with Crippen LogP contribution in [0.3, 0.4) is 0 Å². The molecule has 4 rings (SSSR count). The number of para-hydroxylation sites is 1.